The lowest BCUT2D eigenvalue weighted by Crippen LogP contribution is -2.28. The molecule has 0 aliphatic carbocycles. The molecule has 0 aliphatic rings. The molecule has 1 unspecified atom stereocenters. The van der Waals surface area contributed by atoms with Crippen LogP contribution in [-0.2, 0) is 0 Å². The number of amides is 1. The Balaban J connectivity index is 2.11. The molecule has 4 heteroatoms. The normalized spacial score (nSPS) is 11.9. The number of nitrogen functional groups attached to an aromatic ring is 1. The Kier molecular flexibility index (Phi) is 4.35. The molecular weight excluding hydrogens is 250 g/mol. The molecule has 0 fully saturated rings. The standard InChI is InChI=1S/C16H19N3O/c1-3-14(12-6-4-11(2)5-7-12)19-16(20)15-9-8-13(17)10-18-15/h4-10,14H,3,17H2,1-2H3,(H,19,20). The van der Waals surface area contributed by atoms with E-state index >= 15 is 0 Å². The molecule has 2 aromatic rings. The third-order valence-electron chi connectivity index (χ3n) is 3.21. The van der Waals surface area contributed by atoms with Crippen molar-refractivity contribution >= 4 is 11.6 Å². The van der Waals surface area contributed by atoms with Crippen LogP contribution in [0.4, 0.5) is 5.69 Å². The Bertz CT molecular complexity index is 576. The Hall–Kier alpha value is -2.36. The molecule has 20 heavy (non-hydrogen) atoms. The molecular formula is C16H19N3O. The van der Waals surface area contributed by atoms with Crippen molar-refractivity contribution in [2.45, 2.75) is 26.3 Å². The number of pyridine rings is 1. The van der Waals surface area contributed by atoms with Gasteiger partial charge in [-0.2, -0.15) is 0 Å². The maximum Gasteiger partial charge on any atom is 0.270 e. The zero-order valence-electron chi connectivity index (χ0n) is 11.8. The van der Waals surface area contributed by atoms with Crippen LogP contribution in [0.3, 0.4) is 0 Å². The van der Waals surface area contributed by atoms with Crippen LogP contribution < -0.4 is 11.1 Å². The van der Waals surface area contributed by atoms with Crippen LogP contribution in [-0.4, -0.2) is 10.9 Å². The minimum absolute atomic E-state index is 0.0116. The van der Waals surface area contributed by atoms with Gasteiger partial charge in [0.2, 0.25) is 0 Å². The second kappa shape index (κ2) is 6.19. The van der Waals surface area contributed by atoms with Crippen LogP contribution in [0.1, 0.15) is 41.0 Å². The molecule has 0 saturated carbocycles. The van der Waals surface area contributed by atoms with Gasteiger partial charge in [-0.25, -0.2) is 4.98 Å². The van der Waals surface area contributed by atoms with E-state index in [4.69, 9.17) is 5.73 Å². The molecule has 1 atom stereocenters. The van der Waals surface area contributed by atoms with E-state index in [2.05, 4.69) is 10.3 Å². The SMILES string of the molecule is CCC(NC(=O)c1ccc(N)cn1)c1ccc(C)cc1. The molecule has 0 radical (unpaired) electrons. The molecule has 0 saturated heterocycles. The van der Waals surface area contributed by atoms with E-state index in [-0.39, 0.29) is 11.9 Å². The first-order valence-electron chi connectivity index (χ1n) is 6.69. The van der Waals surface area contributed by atoms with Crippen molar-refractivity contribution in [2.24, 2.45) is 0 Å². The maximum absolute atomic E-state index is 12.2. The van der Waals surface area contributed by atoms with Crippen molar-refractivity contribution in [1.82, 2.24) is 10.3 Å². The van der Waals surface area contributed by atoms with Crippen LogP contribution in [0.15, 0.2) is 42.6 Å². The lowest BCUT2D eigenvalue weighted by Gasteiger charge is -2.17. The third kappa shape index (κ3) is 3.35. The van der Waals surface area contributed by atoms with Crippen LogP contribution in [0.2, 0.25) is 0 Å². The second-order valence-electron chi connectivity index (χ2n) is 4.82. The van der Waals surface area contributed by atoms with E-state index < -0.39 is 0 Å². The molecule has 1 amide bonds. The second-order valence-corrected chi connectivity index (χ2v) is 4.82. The van der Waals surface area contributed by atoms with Crippen LogP contribution >= 0.6 is 0 Å². The van der Waals surface area contributed by atoms with Gasteiger partial charge in [-0.1, -0.05) is 36.8 Å². The molecule has 0 aliphatic heterocycles. The summed E-state index contributed by atoms with van der Waals surface area (Å²) in [5, 5.41) is 3.00. The highest BCUT2D eigenvalue weighted by Crippen LogP contribution is 2.17. The first-order valence-corrected chi connectivity index (χ1v) is 6.69. The van der Waals surface area contributed by atoms with Gasteiger partial charge < -0.3 is 11.1 Å². The Labute approximate surface area is 119 Å². The summed E-state index contributed by atoms with van der Waals surface area (Å²) in [7, 11) is 0. The van der Waals surface area contributed by atoms with Crippen molar-refractivity contribution in [2.75, 3.05) is 5.73 Å². The van der Waals surface area contributed by atoms with Gasteiger partial charge in [-0.05, 0) is 31.0 Å². The summed E-state index contributed by atoms with van der Waals surface area (Å²) < 4.78 is 0. The van der Waals surface area contributed by atoms with Crippen molar-refractivity contribution in [1.29, 1.82) is 0 Å². The van der Waals surface area contributed by atoms with Gasteiger partial charge in [0.1, 0.15) is 5.69 Å². The number of nitrogens with two attached hydrogens (primary N) is 1. The van der Waals surface area contributed by atoms with Gasteiger partial charge in [0, 0.05) is 0 Å². The van der Waals surface area contributed by atoms with E-state index in [1.54, 1.807) is 12.1 Å². The number of nitrogens with zero attached hydrogens (tertiary/aromatic N) is 1. The number of aryl methyl sites for hydroxylation is 1. The number of benzene rings is 1. The zero-order chi connectivity index (χ0) is 14.5. The van der Waals surface area contributed by atoms with Crippen LogP contribution in [0.5, 0.6) is 0 Å². The van der Waals surface area contributed by atoms with E-state index in [0.717, 1.165) is 12.0 Å². The Morgan fingerprint density at radius 1 is 1.25 bits per heavy atom. The molecule has 1 aromatic carbocycles. The minimum atomic E-state index is -0.183. The lowest BCUT2D eigenvalue weighted by atomic mass is 10.0. The number of carbonyl (C=O) groups is 1. The van der Waals surface area contributed by atoms with Crippen molar-refractivity contribution in [3.05, 3.63) is 59.4 Å². The van der Waals surface area contributed by atoms with Crippen LogP contribution in [0.25, 0.3) is 0 Å². The summed E-state index contributed by atoms with van der Waals surface area (Å²) in [6.45, 7) is 4.09. The molecule has 0 spiro atoms. The average Bonchev–Trinajstić information content (AvgIpc) is 2.46. The zero-order valence-corrected chi connectivity index (χ0v) is 11.8. The van der Waals surface area contributed by atoms with Crippen LogP contribution in [0, 0.1) is 6.92 Å². The maximum atomic E-state index is 12.2. The quantitative estimate of drug-likeness (QED) is 0.896. The summed E-state index contributed by atoms with van der Waals surface area (Å²) in [6, 6.07) is 11.5. The Morgan fingerprint density at radius 2 is 1.95 bits per heavy atom. The van der Waals surface area contributed by atoms with Gasteiger partial charge in [-0.15, -0.1) is 0 Å². The fourth-order valence-corrected chi connectivity index (χ4v) is 1.99. The number of aromatic nitrogens is 1. The predicted octanol–water partition coefficient (Wildman–Crippen LogP) is 2.85. The lowest BCUT2D eigenvalue weighted by molar-refractivity contribution is 0.0930. The first kappa shape index (κ1) is 14.1. The van der Waals surface area contributed by atoms with E-state index in [0.29, 0.717) is 11.4 Å². The highest BCUT2D eigenvalue weighted by molar-refractivity contribution is 5.92. The van der Waals surface area contributed by atoms with E-state index in [1.807, 2.05) is 38.1 Å². The van der Waals surface area contributed by atoms with Gasteiger partial charge in [0.25, 0.3) is 5.91 Å². The van der Waals surface area contributed by atoms with E-state index in [1.165, 1.54) is 11.8 Å². The third-order valence-corrected chi connectivity index (χ3v) is 3.21. The van der Waals surface area contributed by atoms with Gasteiger partial charge in [0.15, 0.2) is 0 Å². The fraction of sp³-hybridized carbons (Fsp3) is 0.250. The molecule has 2 rings (SSSR count). The predicted molar refractivity (Wildman–Crippen MR) is 80.3 cm³/mol. The molecule has 3 N–H and O–H groups in total. The number of rotatable bonds is 4. The number of anilines is 1. The number of hydrogen-bond donors (Lipinski definition) is 2. The molecule has 4 nitrogen and oxygen atoms in total. The topological polar surface area (TPSA) is 68.0 Å². The summed E-state index contributed by atoms with van der Waals surface area (Å²) in [5.74, 6) is -0.183. The van der Waals surface area contributed by atoms with Gasteiger partial charge in [0.05, 0.1) is 17.9 Å². The van der Waals surface area contributed by atoms with Crippen molar-refractivity contribution in [3.8, 4) is 0 Å². The fourth-order valence-electron chi connectivity index (χ4n) is 1.99. The summed E-state index contributed by atoms with van der Waals surface area (Å²) >= 11 is 0. The van der Waals surface area contributed by atoms with Crippen molar-refractivity contribution < 1.29 is 4.79 Å². The highest BCUT2D eigenvalue weighted by atomic mass is 16.1. The number of carbonyl (C=O) groups excluding carboxylic acids is 1. The van der Waals surface area contributed by atoms with Gasteiger partial charge >= 0.3 is 0 Å². The Morgan fingerprint density at radius 3 is 2.50 bits per heavy atom. The summed E-state index contributed by atoms with van der Waals surface area (Å²) in [5.41, 5.74) is 8.80. The monoisotopic (exact) mass is 269 g/mol. The van der Waals surface area contributed by atoms with Crippen molar-refractivity contribution in [3.63, 3.8) is 0 Å². The molecule has 0 bridgehead atoms. The molecule has 1 aromatic heterocycles. The summed E-state index contributed by atoms with van der Waals surface area (Å²) in [4.78, 5) is 16.2. The minimum Gasteiger partial charge on any atom is -0.397 e. The highest BCUT2D eigenvalue weighted by Gasteiger charge is 2.14. The molecule has 1 heterocycles. The number of nitrogens with one attached hydrogen (secondary N) is 1. The first-order chi connectivity index (χ1) is 9.60. The molecule has 104 valence electrons. The summed E-state index contributed by atoms with van der Waals surface area (Å²) in [6.07, 6.45) is 2.31. The number of hydrogen-bond acceptors (Lipinski definition) is 3. The van der Waals surface area contributed by atoms with Gasteiger partial charge in [-0.3, -0.25) is 4.79 Å². The smallest absolute Gasteiger partial charge is 0.270 e. The average molecular weight is 269 g/mol. The largest absolute Gasteiger partial charge is 0.397 e. The van der Waals surface area contributed by atoms with E-state index in [9.17, 15) is 4.79 Å².